The molecule has 1 fully saturated rings. The number of hydrogen-bond acceptors (Lipinski definition) is 5. The predicted octanol–water partition coefficient (Wildman–Crippen LogP) is 3.81. The smallest absolute Gasteiger partial charge is 0.264 e. The molecular formula is C21H20FN3O3. The summed E-state index contributed by atoms with van der Waals surface area (Å²) >= 11 is 0. The van der Waals surface area contributed by atoms with Crippen LogP contribution in [0.3, 0.4) is 0 Å². The summed E-state index contributed by atoms with van der Waals surface area (Å²) in [6.45, 7) is 1.21. The summed E-state index contributed by atoms with van der Waals surface area (Å²) in [4.78, 5) is 18.7. The van der Waals surface area contributed by atoms with Gasteiger partial charge in [0.05, 0.1) is 5.56 Å². The second-order valence-corrected chi connectivity index (χ2v) is 6.72. The summed E-state index contributed by atoms with van der Waals surface area (Å²) < 4.78 is 24.9. The number of nitrogens with zero attached hydrogens (tertiary/aromatic N) is 3. The Kier molecular flexibility index (Phi) is 5.32. The number of likely N-dealkylation sites (tertiary alicyclic amines) is 1. The Morgan fingerprint density at radius 1 is 1.18 bits per heavy atom. The zero-order valence-corrected chi connectivity index (χ0v) is 15.3. The molecule has 2 aromatic carbocycles. The Morgan fingerprint density at radius 2 is 1.96 bits per heavy atom. The van der Waals surface area contributed by atoms with Gasteiger partial charge in [-0.3, -0.25) is 4.79 Å². The molecule has 7 heteroatoms. The summed E-state index contributed by atoms with van der Waals surface area (Å²) in [6, 6.07) is 15.4. The molecule has 4 rings (SSSR count). The lowest BCUT2D eigenvalue weighted by atomic mass is 9.96. The highest BCUT2D eigenvalue weighted by Gasteiger charge is 2.29. The first-order valence-corrected chi connectivity index (χ1v) is 9.25. The quantitative estimate of drug-likeness (QED) is 0.672. The standard InChI is InChI=1S/C21H20FN3O3/c22-18-11-5-4-10-17(18)21(26)25-12-6-7-15(13-25)20-23-19(28-24-20)14-27-16-8-2-1-3-9-16/h1-5,8-11,15H,6-7,12-14H2. The molecule has 1 aliphatic heterocycles. The van der Waals surface area contributed by atoms with E-state index in [1.54, 1.807) is 17.0 Å². The highest BCUT2D eigenvalue weighted by molar-refractivity contribution is 5.94. The number of rotatable bonds is 5. The number of hydrogen-bond donors (Lipinski definition) is 0. The highest BCUT2D eigenvalue weighted by Crippen LogP contribution is 2.26. The SMILES string of the molecule is O=C(c1ccccc1F)N1CCCC(c2noc(COc3ccccc3)n2)C1. The molecule has 6 nitrogen and oxygen atoms in total. The van der Waals surface area contributed by atoms with Crippen LogP contribution in [0.25, 0.3) is 0 Å². The van der Waals surface area contributed by atoms with Gasteiger partial charge in [0.25, 0.3) is 11.8 Å². The van der Waals surface area contributed by atoms with Crippen molar-refractivity contribution in [2.75, 3.05) is 13.1 Å². The second kappa shape index (κ2) is 8.21. The van der Waals surface area contributed by atoms with Crippen LogP contribution < -0.4 is 4.74 Å². The largest absolute Gasteiger partial charge is 0.484 e. The van der Waals surface area contributed by atoms with E-state index in [1.165, 1.54) is 12.1 Å². The lowest BCUT2D eigenvalue weighted by Crippen LogP contribution is -2.39. The Balaban J connectivity index is 1.40. The van der Waals surface area contributed by atoms with Crippen molar-refractivity contribution < 1.29 is 18.4 Å². The molecule has 0 aliphatic carbocycles. The second-order valence-electron chi connectivity index (χ2n) is 6.72. The van der Waals surface area contributed by atoms with Crippen LogP contribution in [-0.2, 0) is 6.61 Å². The number of para-hydroxylation sites is 1. The van der Waals surface area contributed by atoms with Crippen LogP contribution >= 0.6 is 0 Å². The van der Waals surface area contributed by atoms with Gasteiger partial charge in [0, 0.05) is 19.0 Å². The molecule has 0 radical (unpaired) electrons. The van der Waals surface area contributed by atoms with E-state index < -0.39 is 5.82 Å². The van der Waals surface area contributed by atoms with E-state index in [2.05, 4.69) is 10.1 Å². The number of carbonyl (C=O) groups is 1. The van der Waals surface area contributed by atoms with E-state index in [0.29, 0.717) is 24.8 Å². The molecule has 1 unspecified atom stereocenters. The van der Waals surface area contributed by atoms with Crippen LogP contribution in [-0.4, -0.2) is 34.0 Å². The van der Waals surface area contributed by atoms with E-state index in [-0.39, 0.29) is 24.0 Å². The minimum absolute atomic E-state index is 0.0429. The maximum atomic E-state index is 13.9. The molecule has 3 aromatic rings. The first-order chi connectivity index (χ1) is 13.7. The average molecular weight is 381 g/mol. The van der Waals surface area contributed by atoms with Crippen LogP contribution in [0.15, 0.2) is 59.1 Å². The Hall–Kier alpha value is -3.22. The molecule has 1 atom stereocenters. The molecule has 1 aromatic heterocycles. The molecule has 0 N–H and O–H groups in total. The van der Waals surface area contributed by atoms with Gasteiger partial charge in [-0.1, -0.05) is 35.5 Å². The van der Waals surface area contributed by atoms with Crippen molar-refractivity contribution in [3.05, 3.63) is 77.7 Å². The lowest BCUT2D eigenvalue weighted by Gasteiger charge is -2.31. The van der Waals surface area contributed by atoms with Gasteiger partial charge in [-0.25, -0.2) is 4.39 Å². The maximum Gasteiger partial charge on any atom is 0.264 e. The van der Waals surface area contributed by atoms with E-state index in [0.717, 1.165) is 18.6 Å². The average Bonchev–Trinajstić information content (AvgIpc) is 3.22. The summed E-state index contributed by atoms with van der Waals surface area (Å²) in [5.41, 5.74) is 0.0909. The molecule has 144 valence electrons. The molecule has 28 heavy (non-hydrogen) atoms. The molecule has 1 saturated heterocycles. The van der Waals surface area contributed by atoms with Crippen LogP contribution in [0.5, 0.6) is 5.75 Å². The summed E-state index contributed by atoms with van der Waals surface area (Å²) in [5, 5.41) is 4.06. The molecule has 2 heterocycles. The van der Waals surface area contributed by atoms with Crippen molar-refractivity contribution in [3.8, 4) is 5.75 Å². The van der Waals surface area contributed by atoms with Crippen molar-refractivity contribution in [3.63, 3.8) is 0 Å². The lowest BCUT2D eigenvalue weighted by molar-refractivity contribution is 0.0699. The number of amides is 1. The fourth-order valence-electron chi connectivity index (χ4n) is 3.33. The van der Waals surface area contributed by atoms with Gasteiger partial charge in [0.15, 0.2) is 12.4 Å². The van der Waals surface area contributed by atoms with E-state index in [9.17, 15) is 9.18 Å². The summed E-state index contributed by atoms with van der Waals surface area (Å²) in [7, 11) is 0. The van der Waals surface area contributed by atoms with Gasteiger partial charge in [0.2, 0.25) is 0 Å². The first kappa shape index (κ1) is 18.2. The molecule has 1 amide bonds. The first-order valence-electron chi connectivity index (χ1n) is 9.25. The Morgan fingerprint density at radius 3 is 2.79 bits per heavy atom. The number of piperidine rings is 1. The predicted molar refractivity (Wildman–Crippen MR) is 99.4 cm³/mol. The normalized spacial score (nSPS) is 16.8. The molecule has 0 bridgehead atoms. The number of benzene rings is 2. The van der Waals surface area contributed by atoms with E-state index in [4.69, 9.17) is 9.26 Å². The van der Waals surface area contributed by atoms with Gasteiger partial charge in [-0.15, -0.1) is 0 Å². The maximum absolute atomic E-state index is 13.9. The molecule has 0 spiro atoms. The van der Waals surface area contributed by atoms with Crippen LogP contribution in [0, 0.1) is 5.82 Å². The van der Waals surface area contributed by atoms with Gasteiger partial charge < -0.3 is 14.2 Å². The van der Waals surface area contributed by atoms with Crippen molar-refractivity contribution in [1.82, 2.24) is 15.0 Å². The number of ether oxygens (including phenoxy) is 1. The molecule has 0 saturated carbocycles. The fourth-order valence-corrected chi connectivity index (χ4v) is 3.33. The van der Waals surface area contributed by atoms with Crippen molar-refractivity contribution >= 4 is 5.91 Å². The van der Waals surface area contributed by atoms with Gasteiger partial charge in [-0.05, 0) is 37.1 Å². The van der Waals surface area contributed by atoms with E-state index >= 15 is 0 Å². The van der Waals surface area contributed by atoms with Crippen molar-refractivity contribution in [2.24, 2.45) is 0 Å². The fraction of sp³-hybridized carbons (Fsp3) is 0.286. The summed E-state index contributed by atoms with van der Waals surface area (Å²) in [6.07, 6.45) is 1.65. The summed E-state index contributed by atoms with van der Waals surface area (Å²) in [5.74, 6) is 0.808. The van der Waals surface area contributed by atoms with Gasteiger partial charge in [-0.2, -0.15) is 4.98 Å². The third-order valence-electron chi connectivity index (χ3n) is 4.77. The van der Waals surface area contributed by atoms with Gasteiger partial charge >= 0.3 is 0 Å². The van der Waals surface area contributed by atoms with Crippen LogP contribution in [0.1, 0.15) is 40.8 Å². The highest BCUT2D eigenvalue weighted by atomic mass is 19.1. The number of halogens is 1. The number of aromatic nitrogens is 2. The minimum Gasteiger partial charge on any atom is -0.484 e. The molecular weight excluding hydrogens is 361 g/mol. The van der Waals surface area contributed by atoms with E-state index in [1.807, 2.05) is 30.3 Å². The third-order valence-corrected chi connectivity index (χ3v) is 4.77. The van der Waals surface area contributed by atoms with Crippen LogP contribution in [0.4, 0.5) is 4.39 Å². The zero-order chi connectivity index (χ0) is 19.3. The third kappa shape index (κ3) is 4.03. The van der Waals surface area contributed by atoms with Gasteiger partial charge in [0.1, 0.15) is 11.6 Å². The van der Waals surface area contributed by atoms with Crippen molar-refractivity contribution in [2.45, 2.75) is 25.4 Å². The minimum atomic E-state index is -0.505. The number of carbonyl (C=O) groups excluding carboxylic acids is 1. The van der Waals surface area contributed by atoms with Crippen LogP contribution in [0.2, 0.25) is 0 Å². The topological polar surface area (TPSA) is 68.5 Å². The Labute approximate surface area is 161 Å². The Bertz CT molecular complexity index is 945. The zero-order valence-electron chi connectivity index (χ0n) is 15.3. The molecule has 1 aliphatic rings. The van der Waals surface area contributed by atoms with Crippen molar-refractivity contribution in [1.29, 1.82) is 0 Å². The monoisotopic (exact) mass is 381 g/mol.